The molecule has 1 heterocycles. The highest BCUT2D eigenvalue weighted by Gasteiger charge is 2.26. The number of aromatic nitrogens is 2. The Labute approximate surface area is 156 Å². The van der Waals surface area contributed by atoms with Crippen LogP contribution in [-0.4, -0.2) is 15.8 Å². The van der Waals surface area contributed by atoms with Gasteiger partial charge >= 0.3 is 0 Å². The van der Waals surface area contributed by atoms with Crippen LogP contribution in [0, 0.1) is 11.3 Å². The van der Waals surface area contributed by atoms with Crippen LogP contribution >= 0.6 is 34.8 Å². The maximum atomic E-state index is 12.7. The number of carbonyl (C=O) groups is 1. The molecule has 3 aromatic rings. The van der Waals surface area contributed by atoms with Gasteiger partial charge in [0.2, 0.25) is 0 Å². The monoisotopic (exact) mass is 391 g/mol. The number of Topliss-reactive ketones (excluding diaryl/α,β-unsaturated/α-hetero) is 1. The molecule has 0 radical (unpaired) electrons. The van der Waals surface area contributed by atoms with E-state index < -0.39 is 17.3 Å². The summed E-state index contributed by atoms with van der Waals surface area (Å²) in [6.07, 6.45) is 0. The third-order valence-electron chi connectivity index (χ3n) is 3.55. The largest absolute Gasteiger partial charge is 0.308 e. The average Bonchev–Trinajstić information content (AvgIpc) is 2.55. The third kappa shape index (κ3) is 3.38. The topological polar surface area (TPSA) is 86.6 Å². The minimum Gasteiger partial charge on any atom is -0.308 e. The average molecular weight is 393 g/mol. The molecule has 0 saturated heterocycles. The maximum Gasteiger partial charge on any atom is 0.258 e. The van der Waals surface area contributed by atoms with Crippen molar-refractivity contribution in [2.45, 2.75) is 5.92 Å². The van der Waals surface area contributed by atoms with Crippen molar-refractivity contribution in [3.05, 3.63) is 73.2 Å². The molecule has 3 rings (SSSR count). The van der Waals surface area contributed by atoms with Gasteiger partial charge in [0.1, 0.15) is 5.82 Å². The molecule has 0 aliphatic rings. The molecular formula is C17H8Cl3N3O2. The van der Waals surface area contributed by atoms with Gasteiger partial charge in [0, 0.05) is 15.6 Å². The second-order valence-corrected chi connectivity index (χ2v) is 6.44. The van der Waals surface area contributed by atoms with E-state index in [4.69, 9.17) is 34.8 Å². The Kier molecular flexibility index (Phi) is 4.78. The Balaban J connectivity index is 2.12. The molecule has 8 heteroatoms. The van der Waals surface area contributed by atoms with Crippen LogP contribution in [0.2, 0.25) is 15.1 Å². The van der Waals surface area contributed by atoms with Crippen molar-refractivity contribution in [2.75, 3.05) is 0 Å². The number of hydrogen-bond acceptors (Lipinski definition) is 4. The lowest BCUT2D eigenvalue weighted by Gasteiger charge is -2.10. The third-order valence-corrected chi connectivity index (χ3v) is 4.33. The smallest absolute Gasteiger partial charge is 0.258 e. The molecule has 0 aliphatic heterocycles. The summed E-state index contributed by atoms with van der Waals surface area (Å²) in [6.45, 7) is 0. The number of halogens is 3. The summed E-state index contributed by atoms with van der Waals surface area (Å²) in [4.78, 5) is 31.6. The molecule has 5 nitrogen and oxygen atoms in total. The van der Waals surface area contributed by atoms with E-state index in [1.165, 1.54) is 30.3 Å². The van der Waals surface area contributed by atoms with E-state index in [0.29, 0.717) is 20.9 Å². The Bertz CT molecular complexity index is 1100. The van der Waals surface area contributed by atoms with Crippen LogP contribution in [-0.2, 0) is 0 Å². The first-order valence-electron chi connectivity index (χ1n) is 6.99. The molecule has 0 bridgehead atoms. The van der Waals surface area contributed by atoms with Crippen LogP contribution < -0.4 is 5.56 Å². The number of hydrogen-bond donors (Lipinski definition) is 1. The van der Waals surface area contributed by atoms with Gasteiger partial charge in [-0.3, -0.25) is 9.59 Å². The molecule has 25 heavy (non-hydrogen) atoms. The molecule has 2 aromatic carbocycles. The number of nitrogens with zero attached hydrogens (tertiary/aromatic N) is 2. The molecule has 0 spiro atoms. The zero-order valence-corrected chi connectivity index (χ0v) is 14.7. The Morgan fingerprint density at radius 3 is 2.48 bits per heavy atom. The van der Waals surface area contributed by atoms with E-state index in [9.17, 15) is 14.9 Å². The van der Waals surface area contributed by atoms with Crippen LogP contribution in [0.3, 0.4) is 0 Å². The number of H-pyrrole nitrogens is 1. The zero-order chi connectivity index (χ0) is 18.1. The van der Waals surface area contributed by atoms with Crippen LogP contribution in [0.25, 0.3) is 10.9 Å². The van der Waals surface area contributed by atoms with Crippen molar-refractivity contribution in [1.29, 1.82) is 5.26 Å². The van der Waals surface area contributed by atoms with Crippen molar-refractivity contribution in [2.24, 2.45) is 0 Å². The number of fused-ring (bicyclic) bond motifs is 1. The molecule has 1 N–H and O–H groups in total. The van der Waals surface area contributed by atoms with Crippen molar-refractivity contribution in [3.8, 4) is 6.07 Å². The quantitative estimate of drug-likeness (QED) is 0.670. The first kappa shape index (κ1) is 17.4. The normalized spacial score (nSPS) is 11.9. The van der Waals surface area contributed by atoms with E-state index in [-0.39, 0.29) is 16.4 Å². The second kappa shape index (κ2) is 6.85. The Hall–Kier alpha value is -2.39. The van der Waals surface area contributed by atoms with E-state index in [1.807, 2.05) is 6.07 Å². The SMILES string of the molecule is N#CC(C(=O)c1ccc(Cl)cc1Cl)c1nc2cc(Cl)ccc2c(=O)[nH]1. The fraction of sp³-hybridized carbons (Fsp3) is 0.0588. The second-order valence-electron chi connectivity index (χ2n) is 5.16. The van der Waals surface area contributed by atoms with Gasteiger partial charge in [0.15, 0.2) is 11.7 Å². The van der Waals surface area contributed by atoms with Gasteiger partial charge in [-0.05, 0) is 36.4 Å². The Morgan fingerprint density at radius 1 is 1.12 bits per heavy atom. The number of aromatic amines is 1. The van der Waals surface area contributed by atoms with Gasteiger partial charge in [-0.1, -0.05) is 34.8 Å². The van der Waals surface area contributed by atoms with Gasteiger partial charge in [0.25, 0.3) is 5.56 Å². The van der Waals surface area contributed by atoms with E-state index in [1.54, 1.807) is 6.07 Å². The van der Waals surface area contributed by atoms with Gasteiger partial charge < -0.3 is 4.98 Å². The van der Waals surface area contributed by atoms with Gasteiger partial charge in [0.05, 0.1) is 22.0 Å². The minimum atomic E-state index is -1.32. The summed E-state index contributed by atoms with van der Waals surface area (Å²) in [5.74, 6) is -1.98. The van der Waals surface area contributed by atoms with Crippen molar-refractivity contribution >= 4 is 51.5 Å². The van der Waals surface area contributed by atoms with Gasteiger partial charge in [-0.15, -0.1) is 0 Å². The molecule has 1 aromatic heterocycles. The lowest BCUT2D eigenvalue weighted by Crippen LogP contribution is -2.20. The van der Waals surface area contributed by atoms with E-state index in [2.05, 4.69) is 9.97 Å². The number of nitriles is 1. The summed E-state index contributed by atoms with van der Waals surface area (Å²) < 4.78 is 0. The predicted octanol–water partition coefficient (Wildman–Crippen LogP) is 4.37. The first-order chi connectivity index (χ1) is 11.9. The summed E-state index contributed by atoms with van der Waals surface area (Å²) in [5, 5.41) is 10.6. The molecule has 0 saturated carbocycles. The fourth-order valence-electron chi connectivity index (χ4n) is 2.36. The van der Waals surface area contributed by atoms with E-state index in [0.717, 1.165) is 0 Å². The molecule has 1 atom stereocenters. The summed E-state index contributed by atoms with van der Waals surface area (Å²) >= 11 is 17.8. The van der Waals surface area contributed by atoms with Crippen LogP contribution in [0.1, 0.15) is 22.1 Å². The van der Waals surface area contributed by atoms with Crippen LogP contribution in [0.15, 0.2) is 41.2 Å². The highest BCUT2D eigenvalue weighted by Crippen LogP contribution is 2.26. The number of carbonyl (C=O) groups excluding carboxylic acids is 1. The summed E-state index contributed by atoms with van der Waals surface area (Å²) in [5.41, 5.74) is -0.0557. The Morgan fingerprint density at radius 2 is 1.80 bits per heavy atom. The van der Waals surface area contributed by atoms with Crippen molar-refractivity contribution in [1.82, 2.24) is 9.97 Å². The predicted molar refractivity (Wildman–Crippen MR) is 96.5 cm³/mol. The summed E-state index contributed by atoms with van der Waals surface area (Å²) in [6, 6.07) is 10.7. The van der Waals surface area contributed by atoms with Crippen molar-refractivity contribution < 1.29 is 4.79 Å². The highest BCUT2D eigenvalue weighted by molar-refractivity contribution is 6.37. The van der Waals surface area contributed by atoms with Crippen LogP contribution in [0.4, 0.5) is 0 Å². The molecule has 0 fully saturated rings. The standard InChI is InChI=1S/C17H8Cl3N3O2/c18-8-1-3-10(13(20)5-8)15(24)12(7-21)16-22-14-6-9(19)2-4-11(14)17(25)23-16/h1-6,12H,(H,22,23,25). The molecule has 1 unspecified atom stereocenters. The molecular weight excluding hydrogens is 385 g/mol. The van der Waals surface area contributed by atoms with Crippen LogP contribution in [0.5, 0.6) is 0 Å². The fourth-order valence-corrected chi connectivity index (χ4v) is 3.02. The number of rotatable bonds is 3. The van der Waals surface area contributed by atoms with Crippen molar-refractivity contribution in [3.63, 3.8) is 0 Å². The highest BCUT2D eigenvalue weighted by atomic mass is 35.5. The lowest BCUT2D eigenvalue weighted by molar-refractivity contribution is 0.0976. The first-order valence-corrected chi connectivity index (χ1v) is 8.12. The van der Waals surface area contributed by atoms with Gasteiger partial charge in [-0.25, -0.2) is 4.98 Å². The molecule has 0 aliphatic carbocycles. The lowest BCUT2D eigenvalue weighted by atomic mass is 9.98. The number of nitrogens with one attached hydrogen (secondary N) is 1. The number of ketones is 1. The zero-order valence-electron chi connectivity index (χ0n) is 12.4. The summed E-state index contributed by atoms with van der Waals surface area (Å²) in [7, 11) is 0. The molecule has 124 valence electrons. The molecule has 0 amide bonds. The van der Waals surface area contributed by atoms with E-state index >= 15 is 0 Å². The maximum absolute atomic E-state index is 12.7. The minimum absolute atomic E-state index is 0.0710. The van der Waals surface area contributed by atoms with Gasteiger partial charge in [-0.2, -0.15) is 5.26 Å². The number of benzene rings is 2.